The fourth-order valence-corrected chi connectivity index (χ4v) is 4.66. The smallest absolute Gasteiger partial charge is 0.123 e. The van der Waals surface area contributed by atoms with E-state index < -0.39 is 0 Å². The number of pyridine rings is 2. The van der Waals surface area contributed by atoms with E-state index in [1.165, 1.54) is 12.1 Å². The van der Waals surface area contributed by atoms with Gasteiger partial charge in [0.15, 0.2) is 0 Å². The number of hydrogen-bond donors (Lipinski definition) is 3. The molecule has 4 aromatic heterocycles. The minimum Gasteiger partial charge on any atom is -0.358 e. The zero-order chi connectivity index (χ0) is 25.4. The largest absolute Gasteiger partial charge is 0.358 e. The average Bonchev–Trinajstić information content (AvgIpc) is 3.53. The van der Waals surface area contributed by atoms with Gasteiger partial charge < -0.3 is 10.3 Å². The van der Waals surface area contributed by atoms with Crippen LogP contribution in [0, 0.1) is 5.82 Å². The van der Waals surface area contributed by atoms with Crippen LogP contribution in [0.25, 0.3) is 55.6 Å². The Morgan fingerprint density at radius 3 is 2.65 bits per heavy atom. The Hall–Kier alpha value is -4.78. The number of rotatable bonds is 7. The molecule has 0 atom stereocenters. The number of anilines is 1. The first-order valence-corrected chi connectivity index (χ1v) is 12.2. The van der Waals surface area contributed by atoms with E-state index in [9.17, 15) is 4.39 Å². The molecule has 0 spiro atoms. The Balaban J connectivity index is 1.40. The Labute approximate surface area is 213 Å². The lowest BCUT2D eigenvalue weighted by Crippen LogP contribution is -1.98. The van der Waals surface area contributed by atoms with Gasteiger partial charge in [0.05, 0.1) is 35.0 Å². The monoisotopic (exact) mass is 488 g/mol. The van der Waals surface area contributed by atoms with Gasteiger partial charge in [0.1, 0.15) is 11.5 Å². The quantitative estimate of drug-likeness (QED) is 0.215. The van der Waals surface area contributed by atoms with Gasteiger partial charge in [0.25, 0.3) is 0 Å². The first kappa shape index (κ1) is 22.7. The van der Waals surface area contributed by atoms with E-state index in [2.05, 4.69) is 50.0 Å². The highest BCUT2D eigenvalue weighted by atomic mass is 19.1. The number of nitrogens with one attached hydrogen (secondary N) is 3. The lowest BCUT2D eigenvalue weighted by Gasteiger charge is -2.09. The number of halogens is 1. The van der Waals surface area contributed by atoms with E-state index in [0.717, 1.165) is 79.8 Å². The first-order chi connectivity index (χ1) is 18.1. The standard InChI is InChI=1S/C30H25FN6/c1-3-5-18(2)34-22-12-20(15-32-16-22)27-14-25-29(17-33-27)36-37-30(25)28-13-24-23(6-4-7-26(24)35-28)19-8-10-21(31)11-9-19/h4,6-17,34-35H,2-3,5H2,1H3,(H,36,37). The van der Waals surface area contributed by atoms with Crippen molar-refractivity contribution in [3.05, 3.63) is 97.3 Å². The number of benzene rings is 2. The van der Waals surface area contributed by atoms with Gasteiger partial charge in [0, 0.05) is 33.7 Å². The molecule has 3 N–H and O–H groups in total. The first-order valence-electron chi connectivity index (χ1n) is 12.2. The van der Waals surface area contributed by atoms with Gasteiger partial charge in [-0.3, -0.25) is 15.1 Å². The molecule has 6 aromatic rings. The van der Waals surface area contributed by atoms with Gasteiger partial charge in [-0.2, -0.15) is 5.10 Å². The third-order valence-corrected chi connectivity index (χ3v) is 6.43. The average molecular weight is 489 g/mol. The fraction of sp³-hybridized carbons (Fsp3) is 0.100. The molecular formula is C30H25FN6. The van der Waals surface area contributed by atoms with Gasteiger partial charge in [0.2, 0.25) is 0 Å². The molecule has 0 saturated carbocycles. The molecule has 0 bridgehead atoms. The van der Waals surface area contributed by atoms with Crippen molar-refractivity contribution >= 4 is 27.5 Å². The Bertz CT molecular complexity index is 1750. The summed E-state index contributed by atoms with van der Waals surface area (Å²) in [5.41, 5.74) is 9.05. The number of H-pyrrole nitrogens is 2. The summed E-state index contributed by atoms with van der Waals surface area (Å²) in [5, 5.41) is 13.0. The highest BCUT2D eigenvalue weighted by Crippen LogP contribution is 2.35. The maximum absolute atomic E-state index is 13.5. The summed E-state index contributed by atoms with van der Waals surface area (Å²) in [6, 6.07) is 18.8. The minimum absolute atomic E-state index is 0.250. The molecule has 0 radical (unpaired) electrons. The van der Waals surface area contributed by atoms with Crippen LogP contribution in [0.1, 0.15) is 19.8 Å². The summed E-state index contributed by atoms with van der Waals surface area (Å²) in [5.74, 6) is -0.250. The van der Waals surface area contributed by atoms with Crippen molar-refractivity contribution in [2.75, 3.05) is 5.32 Å². The number of aromatic nitrogens is 5. The Kier molecular flexibility index (Phi) is 5.73. The normalized spacial score (nSPS) is 11.3. The second-order valence-electron chi connectivity index (χ2n) is 9.08. The fourth-order valence-electron chi connectivity index (χ4n) is 4.66. The van der Waals surface area contributed by atoms with Crippen LogP contribution < -0.4 is 5.32 Å². The summed E-state index contributed by atoms with van der Waals surface area (Å²) in [6.45, 7) is 6.21. The topological polar surface area (TPSA) is 82.3 Å². The second-order valence-corrected chi connectivity index (χ2v) is 9.08. The van der Waals surface area contributed by atoms with Crippen LogP contribution in [0.15, 0.2) is 91.5 Å². The predicted molar refractivity (Wildman–Crippen MR) is 147 cm³/mol. The molecule has 4 heterocycles. The molecule has 0 aliphatic heterocycles. The van der Waals surface area contributed by atoms with Crippen molar-refractivity contribution in [3.63, 3.8) is 0 Å². The van der Waals surface area contributed by atoms with Crippen molar-refractivity contribution in [2.24, 2.45) is 0 Å². The summed E-state index contributed by atoms with van der Waals surface area (Å²) in [7, 11) is 0. The predicted octanol–water partition coefficient (Wildman–Crippen LogP) is 7.70. The minimum atomic E-state index is -0.250. The van der Waals surface area contributed by atoms with E-state index in [-0.39, 0.29) is 5.82 Å². The maximum Gasteiger partial charge on any atom is 0.123 e. The summed E-state index contributed by atoms with van der Waals surface area (Å²) in [6.07, 6.45) is 7.32. The molecule has 0 aliphatic carbocycles. The maximum atomic E-state index is 13.5. The van der Waals surface area contributed by atoms with Crippen molar-refractivity contribution in [1.82, 2.24) is 25.1 Å². The van der Waals surface area contributed by atoms with E-state index in [0.29, 0.717) is 0 Å². The van der Waals surface area contributed by atoms with Gasteiger partial charge in [-0.25, -0.2) is 4.39 Å². The van der Waals surface area contributed by atoms with Gasteiger partial charge in [-0.05, 0) is 53.9 Å². The molecule has 6 nitrogen and oxygen atoms in total. The van der Waals surface area contributed by atoms with Crippen molar-refractivity contribution in [3.8, 4) is 33.8 Å². The third-order valence-electron chi connectivity index (χ3n) is 6.43. The van der Waals surface area contributed by atoms with Gasteiger partial charge >= 0.3 is 0 Å². The van der Waals surface area contributed by atoms with Crippen molar-refractivity contribution in [1.29, 1.82) is 0 Å². The van der Waals surface area contributed by atoms with E-state index in [1.807, 2.05) is 30.3 Å². The molecule has 0 fully saturated rings. The molecular weight excluding hydrogens is 463 g/mol. The van der Waals surface area contributed by atoms with Gasteiger partial charge in [-0.1, -0.05) is 44.2 Å². The molecule has 6 rings (SSSR count). The molecule has 7 heteroatoms. The zero-order valence-electron chi connectivity index (χ0n) is 20.3. The van der Waals surface area contributed by atoms with Crippen LogP contribution in [0.2, 0.25) is 0 Å². The zero-order valence-corrected chi connectivity index (χ0v) is 20.3. The van der Waals surface area contributed by atoms with Crippen LogP contribution >= 0.6 is 0 Å². The van der Waals surface area contributed by atoms with Crippen LogP contribution in [0.4, 0.5) is 10.1 Å². The van der Waals surface area contributed by atoms with Gasteiger partial charge in [-0.15, -0.1) is 0 Å². The van der Waals surface area contributed by atoms with E-state index >= 15 is 0 Å². The second kappa shape index (κ2) is 9.35. The number of allylic oxidation sites excluding steroid dienone is 1. The number of hydrogen-bond acceptors (Lipinski definition) is 4. The molecule has 0 amide bonds. The highest BCUT2D eigenvalue weighted by molar-refractivity contribution is 6.01. The summed E-state index contributed by atoms with van der Waals surface area (Å²) in [4.78, 5) is 12.5. The summed E-state index contributed by atoms with van der Waals surface area (Å²) < 4.78 is 13.5. The summed E-state index contributed by atoms with van der Waals surface area (Å²) >= 11 is 0. The molecule has 0 saturated heterocycles. The van der Waals surface area contributed by atoms with Crippen LogP contribution in [-0.4, -0.2) is 25.1 Å². The van der Waals surface area contributed by atoms with Crippen LogP contribution in [0.5, 0.6) is 0 Å². The molecule has 0 aliphatic rings. The number of aromatic amines is 2. The Morgan fingerprint density at radius 1 is 0.946 bits per heavy atom. The SMILES string of the molecule is C=C(CCC)Nc1cncc(-c2cc3c(-c4cc5c(-c6ccc(F)cc6)cccc5[nH]4)n[nH]c3cn2)c1. The highest BCUT2D eigenvalue weighted by Gasteiger charge is 2.15. The lowest BCUT2D eigenvalue weighted by atomic mass is 10.0. The molecule has 182 valence electrons. The number of nitrogens with zero attached hydrogens (tertiary/aromatic N) is 3. The number of fused-ring (bicyclic) bond motifs is 2. The molecule has 0 unspecified atom stereocenters. The third kappa shape index (κ3) is 4.36. The Morgan fingerprint density at radius 2 is 1.81 bits per heavy atom. The van der Waals surface area contributed by atoms with E-state index in [1.54, 1.807) is 30.7 Å². The van der Waals surface area contributed by atoms with Crippen molar-refractivity contribution in [2.45, 2.75) is 19.8 Å². The van der Waals surface area contributed by atoms with Crippen LogP contribution in [0.3, 0.4) is 0 Å². The van der Waals surface area contributed by atoms with Crippen molar-refractivity contribution < 1.29 is 4.39 Å². The lowest BCUT2D eigenvalue weighted by molar-refractivity contribution is 0.628. The van der Waals surface area contributed by atoms with Crippen LogP contribution in [-0.2, 0) is 0 Å². The molecule has 2 aromatic carbocycles. The molecule has 37 heavy (non-hydrogen) atoms. The van der Waals surface area contributed by atoms with E-state index in [4.69, 9.17) is 0 Å².